The van der Waals surface area contributed by atoms with Crippen molar-refractivity contribution in [3.63, 3.8) is 0 Å². The SMILES string of the molecule is CCCC(CC)CCc1ccc(C2=CC=C(C)CC2)cc1. The van der Waals surface area contributed by atoms with Crippen LogP contribution in [-0.4, -0.2) is 0 Å². The average Bonchev–Trinajstić information content (AvgIpc) is 2.53. The monoisotopic (exact) mass is 282 g/mol. The first kappa shape index (κ1) is 16.1. The first-order chi connectivity index (χ1) is 10.2. The number of hydrogen-bond donors (Lipinski definition) is 0. The van der Waals surface area contributed by atoms with Gasteiger partial charge in [0, 0.05) is 0 Å². The van der Waals surface area contributed by atoms with E-state index in [1.54, 1.807) is 0 Å². The second-order valence-electron chi connectivity index (χ2n) is 6.50. The maximum Gasteiger partial charge on any atom is -0.0224 e. The van der Waals surface area contributed by atoms with Gasteiger partial charge in [-0.3, -0.25) is 0 Å². The molecule has 0 saturated carbocycles. The molecule has 2 rings (SSSR count). The van der Waals surface area contributed by atoms with E-state index in [9.17, 15) is 0 Å². The Labute approximate surface area is 131 Å². The molecule has 0 aliphatic heterocycles. The Hall–Kier alpha value is -1.30. The van der Waals surface area contributed by atoms with Crippen molar-refractivity contribution in [2.45, 2.75) is 65.7 Å². The summed E-state index contributed by atoms with van der Waals surface area (Å²) in [5, 5.41) is 0. The summed E-state index contributed by atoms with van der Waals surface area (Å²) in [7, 11) is 0. The predicted octanol–water partition coefficient (Wildman–Crippen LogP) is 6.57. The van der Waals surface area contributed by atoms with Gasteiger partial charge in [0.15, 0.2) is 0 Å². The number of allylic oxidation sites excluding steroid dienone is 4. The van der Waals surface area contributed by atoms with Crippen molar-refractivity contribution in [1.29, 1.82) is 0 Å². The molecule has 1 aliphatic carbocycles. The fraction of sp³-hybridized carbons (Fsp3) is 0.524. The summed E-state index contributed by atoms with van der Waals surface area (Å²) < 4.78 is 0. The average molecular weight is 282 g/mol. The highest BCUT2D eigenvalue weighted by atomic mass is 14.1. The van der Waals surface area contributed by atoms with E-state index in [4.69, 9.17) is 0 Å². The van der Waals surface area contributed by atoms with Gasteiger partial charge in [-0.2, -0.15) is 0 Å². The smallest absolute Gasteiger partial charge is 0.0224 e. The highest BCUT2D eigenvalue weighted by molar-refractivity contribution is 5.68. The molecule has 0 fully saturated rings. The fourth-order valence-electron chi connectivity index (χ4n) is 3.20. The van der Waals surface area contributed by atoms with Crippen LogP contribution in [0.25, 0.3) is 5.57 Å². The minimum atomic E-state index is 0.906. The van der Waals surface area contributed by atoms with Gasteiger partial charge < -0.3 is 0 Å². The standard InChI is InChI=1S/C21H30/c1-4-6-18(5-2)9-10-19-11-15-21(16-12-19)20-13-7-17(3)8-14-20/h7,11-13,15-16,18H,4-6,8-10,14H2,1-3H3. The van der Waals surface area contributed by atoms with Gasteiger partial charge in [-0.15, -0.1) is 0 Å². The Balaban J connectivity index is 1.93. The lowest BCUT2D eigenvalue weighted by molar-refractivity contribution is 0.432. The van der Waals surface area contributed by atoms with Gasteiger partial charge in [0.2, 0.25) is 0 Å². The molecule has 0 radical (unpaired) electrons. The van der Waals surface area contributed by atoms with Crippen molar-refractivity contribution >= 4 is 5.57 Å². The molecule has 114 valence electrons. The van der Waals surface area contributed by atoms with Crippen LogP contribution >= 0.6 is 0 Å². The van der Waals surface area contributed by atoms with Crippen LogP contribution in [0.2, 0.25) is 0 Å². The van der Waals surface area contributed by atoms with E-state index in [0.29, 0.717) is 0 Å². The second kappa shape index (κ2) is 8.22. The molecule has 0 bridgehead atoms. The Morgan fingerprint density at radius 3 is 2.29 bits per heavy atom. The van der Waals surface area contributed by atoms with Gasteiger partial charge in [0.1, 0.15) is 0 Å². The first-order valence-corrected chi connectivity index (χ1v) is 8.68. The lowest BCUT2D eigenvalue weighted by atomic mass is 9.91. The van der Waals surface area contributed by atoms with E-state index < -0.39 is 0 Å². The van der Waals surface area contributed by atoms with Gasteiger partial charge in [0.05, 0.1) is 0 Å². The van der Waals surface area contributed by atoms with Crippen molar-refractivity contribution in [1.82, 2.24) is 0 Å². The minimum Gasteiger partial charge on any atom is -0.0730 e. The number of rotatable bonds is 7. The third kappa shape index (κ3) is 4.88. The van der Waals surface area contributed by atoms with E-state index in [1.165, 1.54) is 67.2 Å². The summed E-state index contributed by atoms with van der Waals surface area (Å²) in [6, 6.07) is 9.30. The molecule has 0 saturated heterocycles. The quantitative estimate of drug-likeness (QED) is 0.530. The van der Waals surface area contributed by atoms with Crippen LogP contribution in [0.5, 0.6) is 0 Å². The van der Waals surface area contributed by atoms with Crippen LogP contribution < -0.4 is 0 Å². The molecule has 0 heteroatoms. The molecule has 0 nitrogen and oxygen atoms in total. The predicted molar refractivity (Wildman–Crippen MR) is 94.4 cm³/mol. The minimum absolute atomic E-state index is 0.906. The fourth-order valence-corrected chi connectivity index (χ4v) is 3.20. The Morgan fingerprint density at radius 1 is 0.952 bits per heavy atom. The van der Waals surface area contributed by atoms with Crippen molar-refractivity contribution in [3.05, 3.63) is 53.1 Å². The van der Waals surface area contributed by atoms with Gasteiger partial charge in [-0.05, 0) is 55.2 Å². The summed E-state index contributed by atoms with van der Waals surface area (Å²) in [4.78, 5) is 0. The molecule has 1 atom stereocenters. The molecule has 0 spiro atoms. The molecule has 1 aromatic carbocycles. The van der Waals surface area contributed by atoms with Crippen LogP contribution in [0, 0.1) is 5.92 Å². The van der Waals surface area contributed by atoms with Gasteiger partial charge >= 0.3 is 0 Å². The first-order valence-electron chi connectivity index (χ1n) is 8.68. The summed E-state index contributed by atoms with van der Waals surface area (Å²) in [6.07, 6.45) is 13.6. The zero-order chi connectivity index (χ0) is 15.1. The summed E-state index contributed by atoms with van der Waals surface area (Å²) in [6.45, 7) is 6.84. The molecule has 21 heavy (non-hydrogen) atoms. The molecular formula is C21H30. The van der Waals surface area contributed by atoms with Crippen molar-refractivity contribution in [2.75, 3.05) is 0 Å². The Kier molecular flexibility index (Phi) is 6.29. The van der Waals surface area contributed by atoms with E-state index in [2.05, 4.69) is 57.2 Å². The van der Waals surface area contributed by atoms with E-state index in [-0.39, 0.29) is 0 Å². The second-order valence-corrected chi connectivity index (χ2v) is 6.50. The van der Waals surface area contributed by atoms with E-state index in [1.807, 2.05) is 0 Å². The Morgan fingerprint density at radius 2 is 1.71 bits per heavy atom. The van der Waals surface area contributed by atoms with Crippen molar-refractivity contribution < 1.29 is 0 Å². The van der Waals surface area contributed by atoms with E-state index in [0.717, 1.165) is 5.92 Å². The summed E-state index contributed by atoms with van der Waals surface area (Å²) in [5.41, 5.74) is 5.89. The highest BCUT2D eigenvalue weighted by Gasteiger charge is 2.08. The molecule has 1 aliphatic rings. The zero-order valence-electron chi connectivity index (χ0n) is 14.0. The van der Waals surface area contributed by atoms with Gasteiger partial charge in [0.25, 0.3) is 0 Å². The van der Waals surface area contributed by atoms with Crippen molar-refractivity contribution in [2.24, 2.45) is 5.92 Å². The Bertz CT molecular complexity index is 487. The van der Waals surface area contributed by atoms with Crippen LogP contribution in [0.15, 0.2) is 42.0 Å². The van der Waals surface area contributed by atoms with Crippen LogP contribution in [0.3, 0.4) is 0 Å². The lowest BCUT2D eigenvalue weighted by Gasteiger charge is -2.15. The number of benzene rings is 1. The highest BCUT2D eigenvalue weighted by Crippen LogP contribution is 2.27. The summed E-state index contributed by atoms with van der Waals surface area (Å²) in [5.74, 6) is 0.906. The molecule has 1 aromatic rings. The van der Waals surface area contributed by atoms with E-state index >= 15 is 0 Å². The number of hydrogen-bond acceptors (Lipinski definition) is 0. The van der Waals surface area contributed by atoms with Gasteiger partial charge in [-0.1, -0.05) is 75.1 Å². The number of aryl methyl sites for hydroxylation is 1. The third-order valence-electron chi connectivity index (χ3n) is 4.80. The van der Waals surface area contributed by atoms with Crippen LogP contribution in [-0.2, 0) is 6.42 Å². The van der Waals surface area contributed by atoms with Crippen LogP contribution in [0.1, 0.15) is 70.4 Å². The maximum absolute atomic E-state index is 2.33. The molecule has 0 aromatic heterocycles. The van der Waals surface area contributed by atoms with Gasteiger partial charge in [-0.25, -0.2) is 0 Å². The molecule has 0 amide bonds. The largest absolute Gasteiger partial charge is 0.0730 e. The molecular weight excluding hydrogens is 252 g/mol. The third-order valence-corrected chi connectivity index (χ3v) is 4.80. The topological polar surface area (TPSA) is 0 Å². The summed E-state index contributed by atoms with van der Waals surface area (Å²) >= 11 is 0. The normalized spacial score (nSPS) is 16.3. The maximum atomic E-state index is 2.33. The lowest BCUT2D eigenvalue weighted by Crippen LogP contribution is -2.00. The van der Waals surface area contributed by atoms with Crippen LogP contribution in [0.4, 0.5) is 0 Å². The molecule has 0 N–H and O–H groups in total. The molecule has 1 unspecified atom stereocenters. The molecule has 0 heterocycles. The van der Waals surface area contributed by atoms with Crippen molar-refractivity contribution in [3.8, 4) is 0 Å². The zero-order valence-corrected chi connectivity index (χ0v) is 14.0.